The first-order valence-electron chi connectivity index (χ1n) is 4.43. The lowest BCUT2D eigenvalue weighted by Crippen LogP contribution is -2.27. The number of amides is 1. The Bertz CT molecular complexity index is 534. The van der Waals surface area contributed by atoms with Crippen LogP contribution in [0.25, 0.3) is 0 Å². The first-order chi connectivity index (χ1) is 7.83. The van der Waals surface area contributed by atoms with Crippen molar-refractivity contribution in [1.29, 1.82) is 0 Å². The van der Waals surface area contributed by atoms with Crippen molar-refractivity contribution < 1.29 is 23.1 Å². The summed E-state index contributed by atoms with van der Waals surface area (Å²) in [5.41, 5.74) is 4.76. The van der Waals surface area contributed by atoms with Crippen LogP contribution in [0.5, 0.6) is 0 Å². The van der Waals surface area contributed by atoms with E-state index < -0.39 is 21.9 Å². The number of hydrogen-bond acceptors (Lipinski definition) is 5. The van der Waals surface area contributed by atoms with E-state index in [1.165, 1.54) is 5.38 Å². The summed E-state index contributed by atoms with van der Waals surface area (Å²) in [6, 6.07) is 1.06. The Morgan fingerprint density at radius 2 is 2.12 bits per heavy atom. The molecule has 0 radical (unpaired) electrons. The first-order valence-corrected chi connectivity index (χ1v) is 6.79. The standard InChI is InChI=1S/C8H10N2O5S2/c9-6(11)1-2-10-17(14,15)7-3-5(4-16-7)8(12)13/h3-4,10H,1-2H2,(H2,9,11)(H,12,13). The molecule has 0 aliphatic heterocycles. The summed E-state index contributed by atoms with van der Waals surface area (Å²) in [7, 11) is -3.77. The van der Waals surface area contributed by atoms with Crippen LogP contribution in [0.4, 0.5) is 0 Å². The maximum Gasteiger partial charge on any atom is 0.336 e. The summed E-state index contributed by atoms with van der Waals surface area (Å²) in [5.74, 6) is -1.81. The molecular formula is C8H10N2O5S2. The largest absolute Gasteiger partial charge is 0.478 e. The third kappa shape index (κ3) is 3.80. The highest BCUT2D eigenvalue weighted by molar-refractivity contribution is 7.91. The topological polar surface area (TPSA) is 127 Å². The van der Waals surface area contributed by atoms with Crippen LogP contribution in [0.2, 0.25) is 0 Å². The molecule has 1 aromatic heterocycles. The summed E-state index contributed by atoms with van der Waals surface area (Å²) in [6.45, 7) is -0.113. The van der Waals surface area contributed by atoms with Gasteiger partial charge in [0.25, 0.3) is 0 Å². The number of carboxylic acids is 1. The van der Waals surface area contributed by atoms with Gasteiger partial charge in [-0.3, -0.25) is 4.79 Å². The van der Waals surface area contributed by atoms with Crippen molar-refractivity contribution in [3.05, 3.63) is 17.0 Å². The van der Waals surface area contributed by atoms with Crippen LogP contribution in [0.1, 0.15) is 16.8 Å². The summed E-state index contributed by atoms with van der Waals surface area (Å²) in [4.78, 5) is 21.0. The highest BCUT2D eigenvalue weighted by atomic mass is 32.2. The van der Waals surface area contributed by atoms with Crippen molar-refractivity contribution in [2.45, 2.75) is 10.6 Å². The smallest absolute Gasteiger partial charge is 0.336 e. The molecule has 1 rings (SSSR count). The van der Waals surface area contributed by atoms with E-state index >= 15 is 0 Å². The molecule has 0 saturated carbocycles. The molecule has 0 bridgehead atoms. The summed E-state index contributed by atoms with van der Waals surface area (Å²) in [5, 5.41) is 9.87. The zero-order valence-electron chi connectivity index (χ0n) is 8.54. The number of nitrogens with one attached hydrogen (secondary N) is 1. The van der Waals surface area contributed by atoms with Crippen molar-refractivity contribution >= 4 is 33.2 Å². The Kier molecular flexibility index (Phi) is 4.21. The second-order valence-electron chi connectivity index (χ2n) is 3.07. The lowest BCUT2D eigenvalue weighted by Gasteiger charge is -2.02. The van der Waals surface area contributed by atoms with Crippen LogP contribution >= 0.6 is 11.3 Å². The maximum atomic E-state index is 11.6. The van der Waals surface area contributed by atoms with E-state index in [-0.39, 0.29) is 22.7 Å². The van der Waals surface area contributed by atoms with E-state index in [0.717, 1.165) is 17.4 Å². The number of rotatable bonds is 6. The second-order valence-corrected chi connectivity index (χ2v) is 5.98. The molecule has 17 heavy (non-hydrogen) atoms. The average molecular weight is 278 g/mol. The predicted octanol–water partition coefficient (Wildman–Crippen LogP) is -0.400. The molecule has 0 aliphatic carbocycles. The monoisotopic (exact) mass is 278 g/mol. The quantitative estimate of drug-likeness (QED) is 0.652. The third-order valence-corrected chi connectivity index (χ3v) is 4.65. The van der Waals surface area contributed by atoms with Crippen LogP contribution in [-0.2, 0) is 14.8 Å². The highest BCUT2D eigenvalue weighted by Gasteiger charge is 2.18. The number of aromatic carboxylic acids is 1. The Morgan fingerprint density at radius 3 is 2.59 bits per heavy atom. The van der Waals surface area contributed by atoms with Crippen LogP contribution in [0, 0.1) is 0 Å². The minimum Gasteiger partial charge on any atom is -0.478 e. The second kappa shape index (κ2) is 5.25. The van der Waals surface area contributed by atoms with E-state index in [1.54, 1.807) is 0 Å². The summed E-state index contributed by atoms with van der Waals surface area (Å²) in [6.07, 6.45) is -0.115. The fraction of sp³-hybridized carbons (Fsp3) is 0.250. The molecule has 4 N–H and O–H groups in total. The minimum absolute atomic E-state index is 0.0923. The lowest BCUT2D eigenvalue weighted by molar-refractivity contribution is -0.117. The fourth-order valence-corrected chi connectivity index (χ4v) is 3.18. The molecule has 0 spiro atoms. The van der Waals surface area contributed by atoms with Crippen molar-refractivity contribution in [3.8, 4) is 0 Å². The Hall–Kier alpha value is -1.45. The predicted molar refractivity (Wildman–Crippen MR) is 60.3 cm³/mol. The molecule has 0 saturated heterocycles. The maximum absolute atomic E-state index is 11.6. The first kappa shape index (κ1) is 13.6. The molecule has 9 heteroatoms. The minimum atomic E-state index is -3.77. The number of primary amides is 1. The van der Waals surface area contributed by atoms with E-state index in [2.05, 4.69) is 4.72 Å². The number of thiophene rings is 1. The van der Waals surface area contributed by atoms with Gasteiger partial charge in [-0.1, -0.05) is 0 Å². The van der Waals surface area contributed by atoms with Gasteiger partial charge in [-0.05, 0) is 6.07 Å². The highest BCUT2D eigenvalue weighted by Crippen LogP contribution is 2.19. The van der Waals surface area contributed by atoms with Crippen LogP contribution < -0.4 is 10.5 Å². The van der Waals surface area contributed by atoms with Crippen molar-refractivity contribution in [1.82, 2.24) is 4.72 Å². The van der Waals surface area contributed by atoms with Gasteiger partial charge >= 0.3 is 5.97 Å². The molecule has 1 heterocycles. The fourth-order valence-electron chi connectivity index (χ4n) is 0.949. The molecule has 7 nitrogen and oxygen atoms in total. The van der Waals surface area contributed by atoms with Gasteiger partial charge in [0, 0.05) is 18.3 Å². The van der Waals surface area contributed by atoms with E-state index in [0.29, 0.717) is 0 Å². The molecular weight excluding hydrogens is 268 g/mol. The molecule has 1 aromatic rings. The molecule has 0 fully saturated rings. The molecule has 0 aromatic carbocycles. The lowest BCUT2D eigenvalue weighted by atomic mass is 10.4. The molecule has 0 aliphatic rings. The van der Waals surface area contributed by atoms with Crippen LogP contribution in [-0.4, -0.2) is 31.9 Å². The van der Waals surface area contributed by atoms with Crippen molar-refractivity contribution in [3.63, 3.8) is 0 Å². The normalized spacial score (nSPS) is 11.3. The Balaban J connectivity index is 2.75. The summed E-state index contributed by atoms with van der Waals surface area (Å²) >= 11 is 0.796. The van der Waals surface area contributed by atoms with E-state index in [1.807, 2.05) is 0 Å². The number of carbonyl (C=O) groups is 2. The van der Waals surface area contributed by atoms with Crippen LogP contribution in [0.3, 0.4) is 0 Å². The molecule has 94 valence electrons. The van der Waals surface area contributed by atoms with Gasteiger partial charge in [0.05, 0.1) is 5.56 Å². The van der Waals surface area contributed by atoms with Gasteiger partial charge in [-0.15, -0.1) is 11.3 Å². The number of nitrogens with two attached hydrogens (primary N) is 1. The van der Waals surface area contributed by atoms with E-state index in [9.17, 15) is 18.0 Å². The molecule has 0 atom stereocenters. The Morgan fingerprint density at radius 1 is 1.47 bits per heavy atom. The number of carbonyl (C=O) groups excluding carboxylic acids is 1. The number of sulfonamides is 1. The summed E-state index contributed by atoms with van der Waals surface area (Å²) < 4.78 is 25.2. The van der Waals surface area contributed by atoms with Crippen LogP contribution in [0.15, 0.2) is 15.7 Å². The van der Waals surface area contributed by atoms with Gasteiger partial charge in [0.1, 0.15) is 4.21 Å². The van der Waals surface area contributed by atoms with Gasteiger partial charge in [0.15, 0.2) is 0 Å². The van der Waals surface area contributed by atoms with Gasteiger partial charge in [-0.25, -0.2) is 17.9 Å². The number of carboxylic acid groups (broad SMARTS) is 1. The number of hydrogen-bond donors (Lipinski definition) is 3. The molecule has 1 amide bonds. The zero-order chi connectivity index (χ0) is 13.1. The van der Waals surface area contributed by atoms with Crippen molar-refractivity contribution in [2.75, 3.05) is 6.54 Å². The molecule has 0 unspecified atom stereocenters. The third-order valence-electron chi connectivity index (χ3n) is 1.75. The van der Waals surface area contributed by atoms with Crippen molar-refractivity contribution in [2.24, 2.45) is 5.73 Å². The van der Waals surface area contributed by atoms with E-state index in [4.69, 9.17) is 10.8 Å². The van der Waals surface area contributed by atoms with Gasteiger partial charge in [0.2, 0.25) is 15.9 Å². The zero-order valence-corrected chi connectivity index (χ0v) is 10.2. The average Bonchev–Trinajstić information content (AvgIpc) is 2.65. The SMILES string of the molecule is NC(=O)CCNS(=O)(=O)c1cc(C(=O)O)cs1. The van der Waals surface area contributed by atoms with Gasteiger partial charge < -0.3 is 10.8 Å². The van der Waals surface area contributed by atoms with Gasteiger partial charge in [-0.2, -0.15) is 0 Å². The Labute approximate surface area is 101 Å².